The third kappa shape index (κ3) is 2.88. The Bertz CT molecular complexity index is 1610. The summed E-state index contributed by atoms with van der Waals surface area (Å²) in [6, 6.07) is 19.0. The lowest BCUT2D eigenvalue weighted by Gasteiger charge is -2.27. The van der Waals surface area contributed by atoms with E-state index in [1.165, 1.54) is 0 Å². The van der Waals surface area contributed by atoms with E-state index in [0.29, 0.717) is 48.8 Å². The SMILES string of the molecule is N#[N+]c1ccc(-c2cccc3c(=O)cc(N4CCOCC4)oc23)c2sc3ccccc3c12. The van der Waals surface area contributed by atoms with E-state index < -0.39 is 0 Å². The predicted octanol–water partition coefficient (Wildman–Crippen LogP) is 6.15. The fourth-order valence-electron chi connectivity index (χ4n) is 4.42. The molecule has 0 radical (unpaired) electrons. The second kappa shape index (κ2) is 7.45. The number of para-hydroxylation sites is 1. The molecule has 3 heterocycles. The van der Waals surface area contributed by atoms with Crippen molar-refractivity contribution in [1.82, 2.24) is 0 Å². The lowest BCUT2D eigenvalue weighted by Crippen LogP contribution is -2.36. The van der Waals surface area contributed by atoms with Gasteiger partial charge in [0.15, 0.2) is 16.3 Å². The molecule has 0 atom stereocenters. The van der Waals surface area contributed by atoms with Crippen LogP contribution in [-0.2, 0) is 4.74 Å². The van der Waals surface area contributed by atoms with Crippen molar-refractivity contribution in [3.63, 3.8) is 0 Å². The van der Waals surface area contributed by atoms with Crippen LogP contribution in [-0.4, -0.2) is 26.3 Å². The smallest absolute Gasteiger partial charge is 0.394 e. The third-order valence-corrected chi connectivity index (χ3v) is 7.17. The first-order chi connectivity index (χ1) is 15.7. The Kier molecular flexibility index (Phi) is 4.42. The molecule has 1 saturated heterocycles. The molecule has 0 bridgehead atoms. The van der Waals surface area contributed by atoms with E-state index >= 15 is 0 Å². The van der Waals surface area contributed by atoms with Gasteiger partial charge in [-0.05, 0) is 18.2 Å². The maximum absolute atomic E-state index is 13.0. The zero-order chi connectivity index (χ0) is 21.7. The maximum atomic E-state index is 13.0. The molecule has 7 heteroatoms. The van der Waals surface area contributed by atoms with Gasteiger partial charge in [0.05, 0.1) is 28.7 Å². The minimum atomic E-state index is -0.0656. The Morgan fingerprint density at radius 1 is 0.938 bits per heavy atom. The largest absolute Gasteiger partial charge is 0.440 e. The highest BCUT2D eigenvalue weighted by Gasteiger charge is 2.23. The van der Waals surface area contributed by atoms with Crippen LogP contribution in [0.5, 0.6) is 0 Å². The number of nitrogens with zero attached hydrogens (tertiary/aromatic N) is 3. The van der Waals surface area contributed by atoms with Crippen LogP contribution >= 0.6 is 11.3 Å². The van der Waals surface area contributed by atoms with Gasteiger partial charge >= 0.3 is 5.69 Å². The predicted molar refractivity (Wildman–Crippen MR) is 129 cm³/mol. The number of rotatable bonds is 2. The van der Waals surface area contributed by atoms with Gasteiger partial charge in [0, 0.05) is 46.4 Å². The van der Waals surface area contributed by atoms with E-state index in [1.807, 2.05) is 41.3 Å². The van der Waals surface area contributed by atoms with Crippen LogP contribution in [0.15, 0.2) is 69.9 Å². The number of morpholine rings is 1. The average molecular weight is 441 g/mol. The molecule has 156 valence electrons. The van der Waals surface area contributed by atoms with Crippen LogP contribution in [0.4, 0.5) is 11.6 Å². The van der Waals surface area contributed by atoms with Crippen molar-refractivity contribution < 1.29 is 9.15 Å². The summed E-state index contributed by atoms with van der Waals surface area (Å²) in [4.78, 5) is 18.5. The van der Waals surface area contributed by atoms with Crippen LogP contribution in [0.25, 0.3) is 47.2 Å². The van der Waals surface area contributed by atoms with Gasteiger partial charge in [0.1, 0.15) is 5.58 Å². The van der Waals surface area contributed by atoms with Crippen LogP contribution in [0.2, 0.25) is 0 Å². The quantitative estimate of drug-likeness (QED) is 0.308. The molecule has 6 rings (SSSR count). The molecule has 0 aliphatic carbocycles. The first kappa shape index (κ1) is 19.0. The van der Waals surface area contributed by atoms with Gasteiger partial charge in [-0.1, -0.05) is 30.3 Å². The van der Waals surface area contributed by atoms with E-state index in [1.54, 1.807) is 29.5 Å². The Morgan fingerprint density at radius 2 is 1.75 bits per heavy atom. The molecule has 3 aromatic carbocycles. The Labute approximate surface area is 186 Å². The molecule has 1 aliphatic heterocycles. The summed E-state index contributed by atoms with van der Waals surface area (Å²) in [6.45, 7) is 2.59. The van der Waals surface area contributed by atoms with E-state index in [0.717, 1.165) is 31.3 Å². The normalized spacial score (nSPS) is 14.3. The lowest BCUT2D eigenvalue weighted by molar-refractivity contribution is 0.121. The van der Waals surface area contributed by atoms with Gasteiger partial charge in [-0.15, -0.1) is 11.3 Å². The number of hydrogen-bond acceptors (Lipinski definition) is 6. The van der Waals surface area contributed by atoms with E-state index in [-0.39, 0.29) is 5.43 Å². The summed E-state index contributed by atoms with van der Waals surface area (Å²) in [5.74, 6) is 0.563. The lowest BCUT2D eigenvalue weighted by atomic mass is 9.99. The number of hydrogen-bond donors (Lipinski definition) is 0. The molecular formula is C25H18N3O3S+. The van der Waals surface area contributed by atoms with Crippen molar-refractivity contribution in [2.45, 2.75) is 0 Å². The molecule has 0 spiro atoms. The summed E-state index contributed by atoms with van der Waals surface area (Å²) in [7, 11) is 0. The summed E-state index contributed by atoms with van der Waals surface area (Å²) < 4.78 is 13.9. The number of ether oxygens (including phenoxy) is 1. The van der Waals surface area contributed by atoms with Crippen LogP contribution in [0, 0.1) is 5.39 Å². The first-order valence-corrected chi connectivity index (χ1v) is 11.3. The molecule has 0 saturated carbocycles. The molecule has 32 heavy (non-hydrogen) atoms. The molecule has 2 aromatic heterocycles. The van der Waals surface area contributed by atoms with E-state index in [4.69, 9.17) is 9.15 Å². The van der Waals surface area contributed by atoms with E-state index in [2.05, 4.69) is 11.0 Å². The second-order valence-corrected chi connectivity index (χ2v) is 8.82. The minimum absolute atomic E-state index is 0.0656. The summed E-state index contributed by atoms with van der Waals surface area (Å²) >= 11 is 1.64. The van der Waals surface area contributed by atoms with Gasteiger partial charge in [0.25, 0.3) is 0 Å². The molecule has 1 aliphatic rings. The Hall–Kier alpha value is -3.73. The van der Waals surface area contributed by atoms with Crippen molar-refractivity contribution in [2.24, 2.45) is 0 Å². The van der Waals surface area contributed by atoms with Crippen LogP contribution < -0.4 is 10.3 Å². The highest BCUT2D eigenvalue weighted by Crippen LogP contribution is 2.45. The van der Waals surface area contributed by atoms with Crippen molar-refractivity contribution in [3.8, 4) is 11.1 Å². The first-order valence-electron chi connectivity index (χ1n) is 10.4. The topological polar surface area (TPSA) is 70.8 Å². The van der Waals surface area contributed by atoms with Crippen molar-refractivity contribution >= 4 is 54.0 Å². The van der Waals surface area contributed by atoms with Gasteiger partial charge in [0.2, 0.25) is 5.39 Å². The zero-order valence-corrected chi connectivity index (χ0v) is 17.9. The summed E-state index contributed by atoms with van der Waals surface area (Å²) in [5, 5.41) is 12.1. The number of fused-ring (bicyclic) bond motifs is 4. The highest BCUT2D eigenvalue weighted by molar-refractivity contribution is 7.26. The van der Waals surface area contributed by atoms with Crippen molar-refractivity contribution in [2.75, 3.05) is 31.2 Å². The molecule has 0 N–H and O–H groups in total. The van der Waals surface area contributed by atoms with Crippen LogP contribution in [0.3, 0.4) is 0 Å². The van der Waals surface area contributed by atoms with Crippen LogP contribution in [0.1, 0.15) is 0 Å². The van der Waals surface area contributed by atoms with Crippen molar-refractivity contribution in [1.29, 1.82) is 5.39 Å². The van der Waals surface area contributed by atoms with Crippen molar-refractivity contribution in [3.05, 3.63) is 75.9 Å². The maximum Gasteiger partial charge on any atom is 0.394 e. The second-order valence-electron chi connectivity index (χ2n) is 7.77. The zero-order valence-electron chi connectivity index (χ0n) is 17.1. The number of diazo groups is 1. The van der Waals surface area contributed by atoms with Gasteiger partial charge in [-0.25, -0.2) is 0 Å². The highest BCUT2D eigenvalue weighted by atomic mass is 32.1. The number of thiophene rings is 1. The summed E-state index contributed by atoms with van der Waals surface area (Å²) in [6.07, 6.45) is 0. The Morgan fingerprint density at radius 3 is 2.59 bits per heavy atom. The number of anilines is 1. The summed E-state index contributed by atoms with van der Waals surface area (Å²) in [5.41, 5.74) is 2.81. The third-order valence-electron chi connectivity index (χ3n) is 5.97. The van der Waals surface area contributed by atoms with E-state index in [9.17, 15) is 10.2 Å². The monoisotopic (exact) mass is 440 g/mol. The molecule has 5 aromatic rings. The fourth-order valence-corrected chi connectivity index (χ4v) is 5.67. The molecular weight excluding hydrogens is 422 g/mol. The molecule has 0 amide bonds. The van der Waals surface area contributed by atoms with Gasteiger partial charge in [-0.2, -0.15) is 0 Å². The molecule has 0 unspecified atom stereocenters. The minimum Gasteiger partial charge on any atom is -0.440 e. The number of benzene rings is 3. The molecule has 1 fully saturated rings. The molecule has 6 nitrogen and oxygen atoms in total. The average Bonchev–Trinajstić information content (AvgIpc) is 3.24. The fraction of sp³-hybridized carbons (Fsp3) is 0.160. The Balaban J connectivity index is 1.66. The van der Waals surface area contributed by atoms with Gasteiger partial charge < -0.3 is 14.1 Å². The standard InChI is InChI=1S/C25H18N3O3S/c26-27-19-9-8-16(25-23(19)18-4-1-2-7-21(18)32-25)15-5-3-6-17-20(29)14-22(31-24(15)17)28-10-12-30-13-11-28/h1-9,14H,10-13H2/q+1. The van der Waals surface area contributed by atoms with Gasteiger partial charge in [-0.3, -0.25) is 4.79 Å².